The number of methoxy groups -OCH3 is 1. The number of hydrogen-bond donors (Lipinski definition) is 0. The minimum Gasteiger partial charge on any atom is -0.501 e. The second kappa shape index (κ2) is 8.24. The molecule has 0 radical (unpaired) electrons. The summed E-state index contributed by atoms with van der Waals surface area (Å²) in [5.41, 5.74) is 2.32. The third-order valence-corrected chi connectivity index (χ3v) is 3.62. The first kappa shape index (κ1) is 17.7. The van der Waals surface area contributed by atoms with Crippen molar-refractivity contribution in [2.75, 3.05) is 14.2 Å². The Morgan fingerprint density at radius 1 is 1.33 bits per heavy atom. The van der Waals surface area contributed by atoms with Crippen LogP contribution in [0.25, 0.3) is 5.57 Å². The van der Waals surface area contributed by atoms with Gasteiger partial charge in [-0.1, -0.05) is 13.0 Å². The van der Waals surface area contributed by atoms with Crippen molar-refractivity contribution in [3.63, 3.8) is 0 Å². The summed E-state index contributed by atoms with van der Waals surface area (Å²) in [5.74, 6) is 0.686. The molecule has 2 rings (SSSR count). The Bertz CT molecular complexity index is 770. The minimum atomic E-state index is -0.413. The Balaban J connectivity index is 2.46. The quantitative estimate of drug-likeness (QED) is 0.572. The van der Waals surface area contributed by atoms with Crippen LogP contribution in [0.2, 0.25) is 0 Å². The van der Waals surface area contributed by atoms with Gasteiger partial charge in [-0.3, -0.25) is 4.99 Å². The van der Waals surface area contributed by atoms with Crippen LogP contribution < -0.4 is 4.74 Å². The van der Waals surface area contributed by atoms with Crippen molar-refractivity contribution in [1.29, 1.82) is 0 Å². The van der Waals surface area contributed by atoms with Crippen LogP contribution in [0, 0.1) is 5.82 Å². The van der Waals surface area contributed by atoms with E-state index in [4.69, 9.17) is 9.47 Å². The fraction of sp³-hybridized carbons (Fsp3) is 0.263. The van der Waals surface area contributed by atoms with Gasteiger partial charge < -0.3 is 9.47 Å². The van der Waals surface area contributed by atoms with Gasteiger partial charge in [-0.2, -0.15) is 0 Å². The molecule has 5 heteroatoms. The molecule has 0 N–H and O–H groups in total. The topological polar surface area (TPSA) is 43.7 Å². The Hall–Kier alpha value is -2.69. The number of ether oxygens (including phenoxy) is 2. The summed E-state index contributed by atoms with van der Waals surface area (Å²) in [7, 11) is 3.25. The number of rotatable bonds is 6. The van der Waals surface area contributed by atoms with Gasteiger partial charge in [0.15, 0.2) is 11.6 Å². The summed E-state index contributed by atoms with van der Waals surface area (Å²) in [5, 5.41) is 0. The Morgan fingerprint density at radius 2 is 2.12 bits per heavy atom. The van der Waals surface area contributed by atoms with E-state index in [-0.39, 0.29) is 5.75 Å². The largest absolute Gasteiger partial charge is 0.501 e. The first-order valence-electron chi connectivity index (χ1n) is 7.69. The number of aromatic nitrogens is 1. The molecule has 24 heavy (non-hydrogen) atoms. The van der Waals surface area contributed by atoms with Crippen LogP contribution in [-0.4, -0.2) is 25.4 Å². The average molecular weight is 328 g/mol. The Morgan fingerprint density at radius 3 is 2.75 bits per heavy atom. The van der Waals surface area contributed by atoms with Gasteiger partial charge >= 0.3 is 0 Å². The molecular weight excluding hydrogens is 307 g/mol. The average Bonchev–Trinajstić information content (AvgIpc) is 2.61. The van der Waals surface area contributed by atoms with Crippen LogP contribution in [0.5, 0.6) is 11.6 Å². The van der Waals surface area contributed by atoms with Crippen LogP contribution in [0.15, 0.2) is 47.3 Å². The van der Waals surface area contributed by atoms with Crippen LogP contribution in [0.1, 0.15) is 25.0 Å². The lowest BCUT2D eigenvalue weighted by atomic mass is 10.1. The molecule has 0 aliphatic heterocycles. The van der Waals surface area contributed by atoms with Gasteiger partial charge in [-0.05, 0) is 43.2 Å². The van der Waals surface area contributed by atoms with Crippen LogP contribution in [-0.2, 0) is 11.2 Å². The zero-order chi connectivity index (χ0) is 17.5. The van der Waals surface area contributed by atoms with Crippen molar-refractivity contribution in [3.8, 4) is 11.6 Å². The lowest BCUT2D eigenvalue weighted by Crippen LogP contribution is -2.00. The number of hydrogen-bond acceptors (Lipinski definition) is 4. The molecule has 1 aromatic heterocycles. The molecule has 1 aromatic carbocycles. The highest BCUT2D eigenvalue weighted by Gasteiger charge is 2.15. The van der Waals surface area contributed by atoms with E-state index >= 15 is 0 Å². The van der Waals surface area contributed by atoms with E-state index in [1.165, 1.54) is 6.07 Å². The molecular formula is C19H21FN2O2. The van der Waals surface area contributed by atoms with Crippen molar-refractivity contribution < 1.29 is 13.9 Å². The van der Waals surface area contributed by atoms with Gasteiger partial charge in [-0.15, -0.1) is 0 Å². The number of nitrogens with zero attached hydrogens (tertiary/aromatic N) is 2. The predicted molar refractivity (Wildman–Crippen MR) is 94.1 cm³/mol. The summed E-state index contributed by atoms with van der Waals surface area (Å²) >= 11 is 0. The van der Waals surface area contributed by atoms with Crippen molar-refractivity contribution >= 4 is 11.8 Å². The third-order valence-electron chi connectivity index (χ3n) is 3.62. The summed E-state index contributed by atoms with van der Waals surface area (Å²) in [6.07, 6.45) is 4.03. The molecule has 4 nitrogen and oxygen atoms in total. The third kappa shape index (κ3) is 3.98. The number of pyridine rings is 1. The number of halogens is 1. The van der Waals surface area contributed by atoms with Crippen LogP contribution in [0.3, 0.4) is 0 Å². The van der Waals surface area contributed by atoms with Crippen molar-refractivity contribution in [2.45, 2.75) is 20.3 Å². The van der Waals surface area contributed by atoms with E-state index in [2.05, 4.69) is 9.98 Å². The second-order valence-electron chi connectivity index (χ2n) is 5.14. The maximum Gasteiger partial charge on any atom is 0.227 e. The molecule has 0 atom stereocenters. The van der Waals surface area contributed by atoms with E-state index in [0.717, 1.165) is 17.6 Å². The maximum atomic E-state index is 14.2. The van der Waals surface area contributed by atoms with Crippen molar-refractivity contribution in [1.82, 2.24) is 4.98 Å². The van der Waals surface area contributed by atoms with Gasteiger partial charge in [0, 0.05) is 30.6 Å². The summed E-state index contributed by atoms with van der Waals surface area (Å²) in [6, 6.07) is 8.55. The first-order valence-corrected chi connectivity index (χ1v) is 7.69. The summed E-state index contributed by atoms with van der Waals surface area (Å²) in [6.45, 7) is 3.80. The number of aryl methyl sites for hydroxylation is 1. The van der Waals surface area contributed by atoms with E-state index < -0.39 is 5.82 Å². The van der Waals surface area contributed by atoms with Gasteiger partial charge in [0.05, 0.1) is 7.11 Å². The lowest BCUT2D eigenvalue weighted by molar-refractivity contribution is 0.296. The molecule has 0 aliphatic carbocycles. The molecule has 126 valence electrons. The highest BCUT2D eigenvalue weighted by molar-refractivity contribution is 6.11. The molecule has 0 saturated heterocycles. The van der Waals surface area contributed by atoms with Gasteiger partial charge in [-0.25, -0.2) is 9.37 Å². The molecule has 0 fully saturated rings. The molecule has 0 amide bonds. The number of benzene rings is 1. The number of aliphatic imine (C=N–C) groups is 1. The zero-order valence-electron chi connectivity index (χ0n) is 14.3. The first-order chi connectivity index (χ1) is 11.6. The Labute approximate surface area is 141 Å². The second-order valence-corrected chi connectivity index (χ2v) is 5.14. The molecule has 0 saturated carbocycles. The summed E-state index contributed by atoms with van der Waals surface area (Å²) in [4.78, 5) is 8.29. The SMILES string of the molecule is CCc1ccc(Oc2ncccc2C(/C=N\C)=C(/C)OC)c(F)c1. The van der Waals surface area contributed by atoms with Gasteiger partial charge in [0.2, 0.25) is 5.88 Å². The molecule has 0 aliphatic rings. The minimum absolute atomic E-state index is 0.134. The lowest BCUT2D eigenvalue weighted by Gasteiger charge is -2.13. The van der Waals surface area contributed by atoms with Crippen LogP contribution >= 0.6 is 0 Å². The highest BCUT2D eigenvalue weighted by Crippen LogP contribution is 2.31. The van der Waals surface area contributed by atoms with E-state index in [9.17, 15) is 4.39 Å². The maximum absolute atomic E-state index is 14.2. The van der Waals surface area contributed by atoms with E-state index in [0.29, 0.717) is 17.2 Å². The summed E-state index contributed by atoms with van der Waals surface area (Å²) < 4.78 is 25.2. The molecule has 0 bridgehead atoms. The van der Waals surface area contributed by atoms with Crippen molar-refractivity contribution in [3.05, 3.63) is 59.2 Å². The normalized spacial score (nSPS) is 12.2. The molecule has 2 aromatic rings. The molecule has 0 spiro atoms. The van der Waals surface area contributed by atoms with E-state index in [1.54, 1.807) is 38.7 Å². The van der Waals surface area contributed by atoms with Crippen LogP contribution in [0.4, 0.5) is 4.39 Å². The predicted octanol–water partition coefficient (Wildman–Crippen LogP) is 4.65. The highest BCUT2D eigenvalue weighted by atomic mass is 19.1. The monoisotopic (exact) mass is 328 g/mol. The molecule has 0 unspecified atom stereocenters. The standard InChI is InChI=1S/C19H21FN2O2/c1-5-14-8-9-18(17(20)11-14)24-19-15(7-6-10-22-19)16(12-21-3)13(2)23-4/h6-12H,5H2,1-4H3/b16-13-,21-12-. The Kier molecular flexibility index (Phi) is 6.07. The smallest absolute Gasteiger partial charge is 0.227 e. The van der Waals surface area contributed by atoms with Crippen molar-refractivity contribution in [2.24, 2.45) is 4.99 Å². The fourth-order valence-corrected chi connectivity index (χ4v) is 2.22. The number of allylic oxidation sites excluding steroid dienone is 2. The molecule has 1 heterocycles. The van der Waals surface area contributed by atoms with Gasteiger partial charge in [0.25, 0.3) is 0 Å². The van der Waals surface area contributed by atoms with E-state index in [1.807, 2.05) is 26.0 Å². The fourth-order valence-electron chi connectivity index (χ4n) is 2.22. The zero-order valence-corrected chi connectivity index (χ0v) is 14.3. The van der Waals surface area contributed by atoms with Gasteiger partial charge in [0.1, 0.15) is 5.76 Å².